The number of anilines is 1. The molecule has 5 aromatic rings. The molecule has 4 unspecified atom stereocenters. The smallest absolute Gasteiger partial charge is 0.481 e. The maximum absolute atomic E-state index is 16.9. The van der Waals surface area contributed by atoms with Gasteiger partial charge in [-0.05, 0) is 113 Å². The second kappa shape index (κ2) is 35.3. The van der Waals surface area contributed by atoms with Crippen LogP contribution in [-0.2, 0) is 77.1 Å². The summed E-state index contributed by atoms with van der Waals surface area (Å²) >= 11 is 0. The number of piperidine rings is 1. The molecular formula is C73H85F10N12O18P. The minimum absolute atomic E-state index is 0.0597. The molecule has 8 N–H and O–H groups in total. The van der Waals surface area contributed by atoms with Crippen molar-refractivity contribution in [2.75, 3.05) is 65.1 Å². The third kappa shape index (κ3) is 21.2. The summed E-state index contributed by atoms with van der Waals surface area (Å²) < 4.78 is 192. The third-order valence-corrected chi connectivity index (χ3v) is 21.0. The van der Waals surface area contributed by atoms with Gasteiger partial charge in [-0.3, -0.25) is 48.9 Å². The van der Waals surface area contributed by atoms with Gasteiger partial charge in [-0.25, -0.2) is 42.6 Å². The molecule has 0 radical (unpaired) electrons. The lowest BCUT2D eigenvalue weighted by Gasteiger charge is -2.47. The van der Waals surface area contributed by atoms with Crippen LogP contribution in [0.2, 0.25) is 0 Å². The molecule has 114 heavy (non-hydrogen) atoms. The number of hydrogen-bond acceptors (Lipinski definition) is 20. The molecule has 5 amide bonds. The fourth-order valence-corrected chi connectivity index (χ4v) is 14.6. The van der Waals surface area contributed by atoms with E-state index in [1.807, 2.05) is 5.32 Å². The van der Waals surface area contributed by atoms with E-state index in [-0.39, 0.29) is 38.9 Å². The van der Waals surface area contributed by atoms with Gasteiger partial charge in [-0.15, -0.1) is 0 Å². The number of rotatable bonds is 29. The highest BCUT2D eigenvalue weighted by Gasteiger charge is 2.58. The van der Waals surface area contributed by atoms with E-state index < -0.39 is 206 Å². The number of nitrogens with zero attached hydrogens (tertiary/aromatic N) is 8. The second-order valence-corrected chi connectivity index (χ2v) is 31.2. The van der Waals surface area contributed by atoms with Gasteiger partial charge in [0.25, 0.3) is 5.91 Å². The lowest BCUT2D eigenvalue weighted by Crippen LogP contribution is -2.64. The monoisotopic (exact) mass is 1640 g/mol. The summed E-state index contributed by atoms with van der Waals surface area (Å²) in [7, 11) is -4.21. The van der Waals surface area contributed by atoms with Crippen molar-refractivity contribution in [3.8, 4) is 28.8 Å². The van der Waals surface area contributed by atoms with Crippen molar-refractivity contribution >= 4 is 61.6 Å². The number of nitrogens with one attached hydrogen (secondary N) is 4. The number of aliphatic carboxylic acids is 2. The first-order valence-electron chi connectivity index (χ1n) is 35.5. The molecule has 2 bridgehead atoms. The zero-order chi connectivity index (χ0) is 84.1. The lowest BCUT2D eigenvalue weighted by atomic mass is 9.77. The molecular weight excluding hydrogens is 1550 g/mol. The van der Waals surface area contributed by atoms with Crippen molar-refractivity contribution in [3.05, 3.63) is 124 Å². The summed E-state index contributed by atoms with van der Waals surface area (Å²) in [5, 5.41) is 29.9. The van der Waals surface area contributed by atoms with Crippen LogP contribution in [0.3, 0.4) is 0 Å². The number of aryl methyl sites for hydroxylation is 1. The van der Waals surface area contributed by atoms with Crippen LogP contribution in [0.25, 0.3) is 11.3 Å². The number of halogens is 10. The van der Waals surface area contributed by atoms with Crippen LogP contribution in [-0.4, -0.2) is 217 Å². The Kier molecular flexibility index (Phi) is 27.2. The molecule has 9 rings (SSSR count). The van der Waals surface area contributed by atoms with E-state index in [2.05, 4.69) is 56.9 Å². The zero-order valence-electron chi connectivity index (χ0n) is 62.9. The molecule has 8 atom stereocenters. The molecule has 4 saturated heterocycles. The number of alkyl carbamates (subject to hydrolysis) is 2. The van der Waals surface area contributed by atoms with Gasteiger partial charge in [0.2, 0.25) is 17.8 Å². The van der Waals surface area contributed by atoms with Gasteiger partial charge >= 0.3 is 56.8 Å². The summed E-state index contributed by atoms with van der Waals surface area (Å²) in [4.78, 5) is 146. The maximum Gasteiger partial charge on any atom is 0.524 e. The van der Waals surface area contributed by atoms with Gasteiger partial charge in [-0.1, -0.05) is 43.9 Å². The van der Waals surface area contributed by atoms with Crippen LogP contribution >= 0.6 is 7.82 Å². The molecule has 0 saturated carbocycles. The van der Waals surface area contributed by atoms with Gasteiger partial charge < -0.3 is 59.4 Å². The summed E-state index contributed by atoms with van der Waals surface area (Å²) in [6.45, 7) is 1.45. The minimum atomic E-state index is -5.66. The fraction of sp³-hybridized carbons (Fsp3) is 0.521. The summed E-state index contributed by atoms with van der Waals surface area (Å²) in [6.07, 6.45) is -13.7. The van der Waals surface area contributed by atoms with Crippen molar-refractivity contribution in [3.63, 3.8) is 0 Å². The summed E-state index contributed by atoms with van der Waals surface area (Å²) in [5.41, 5.74) is -8.30. The van der Waals surface area contributed by atoms with E-state index in [1.54, 1.807) is 5.32 Å². The molecule has 6 heterocycles. The predicted molar refractivity (Wildman–Crippen MR) is 380 cm³/mol. The Morgan fingerprint density at radius 3 is 1.76 bits per heavy atom. The fourth-order valence-electron chi connectivity index (χ4n) is 14.2. The number of carboxylic acid groups (broad SMARTS) is 2. The number of piperazine rings is 1. The number of amides is 5. The van der Waals surface area contributed by atoms with Crippen molar-refractivity contribution < 1.29 is 130 Å². The van der Waals surface area contributed by atoms with Gasteiger partial charge in [0.05, 0.1) is 92.8 Å². The number of carbonyl (C=O) groups is 8. The number of phosphoric ester groups is 1. The second-order valence-electron chi connectivity index (χ2n) is 30.0. The van der Waals surface area contributed by atoms with Crippen LogP contribution in [0.4, 0.5) is 59.4 Å². The molecule has 0 spiro atoms. The number of likely N-dealkylation sites (tertiary alicyclic amines) is 1. The number of carbonyl (C=O) groups excluding carboxylic acids is 6. The SMILES string of the molecule is COC(=O)N[C@H](C(=O)N[C@@H](Cc1ccc(C#Cc2cnc(N3CC4CCC(C3)N4C3COC3)nc2)cc1)[C@H](CN(Cc1c(F)cc(-c2ccn(C(F)F)n2)cc1F)NC(=O)[C@@H](NC(=O)OC)C(C)(C)C(F)(F)F)OC(=O)CC(C)(C)c1c(CC(=O)N2CC(C(=O)O)CC(C(=O)O)C2)cc(C)cc1OP(=O)(O)O)C(C)(C)C(F)(F)F. The highest BCUT2D eigenvalue weighted by atomic mass is 31.2. The van der Waals surface area contributed by atoms with Crippen LogP contribution in [0.1, 0.15) is 113 Å². The number of benzene rings is 3. The predicted octanol–water partition coefficient (Wildman–Crippen LogP) is 7.89. The normalized spacial score (nSPS) is 18.8. The number of methoxy groups -OCH3 is 2. The maximum atomic E-state index is 16.9. The van der Waals surface area contributed by atoms with Crippen molar-refractivity contribution in [1.29, 1.82) is 0 Å². The van der Waals surface area contributed by atoms with Crippen molar-refractivity contribution in [2.45, 2.75) is 160 Å². The van der Waals surface area contributed by atoms with Crippen LogP contribution < -0.4 is 30.8 Å². The number of alkyl halides is 8. The number of hydrazine groups is 1. The largest absolute Gasteiger partial charge is 0.524 e. The highest BCUT2D eigenvalue weighted by Crippen LogP contribution is 2.47. The Morgan fingerprint density at radius 1 is 0.728 bits per heavy atom. The average molecular weight is 1640 g/mol. The zero-order valence-corrected chi connectivity index (χ0v) is 63.8. The Morgan fingerprint density at radius 2 is 1.27 bits per heavy atom. The third-order valence-electron chi connectivity index (χ3n) is 20.6. The summed E-state index contributed by atoms with van der Waals surface area (Å²) in [6, 6.07) is 3.36. The van der Waals surface area contributed by atoms with E-state index in [0.717, 1.165) is 43.2 Å². The molecule has 30 nitrogen and oxygen atoms in total. The molecule has 0 aliphatic carbocycles. The summed E-state index contributed by atoms with van der Waals surface area (Å²) in [5.74, 6) is -9.21. The van der Waals surface area contributed by atoms with Gasteiger partial charge in [0, 0.05) is 91.1 Å². The lowest BCUT2D eigenvalue weighted by molar-refractivity contribution is -0.221. The average Bonchev–Trinajstić information content (AvgIpc) is 1.78. The van der Waals surface area contributed by atoms with Gasteiger partial charge in [0.15, 0.2) is 0 Å². The Labute approximate surface area is 646 Å². The Hall–Kier alpha value is -10.2. The first-order chi connectivity index (χ1) is 53.2. The minimum Gasteiger partial charge on any atom is -0.481 e. The van der Waals surface area contributed by atoms with E-state index in [4.69, 9.17) is 14.0 Å². The van der Waals surface area contributed by atoms with E-state index in [0.29, 0.717) is 108 Å². The van der Waals surface area contributed by atoms with Crippen molar-refractivity contribution in [1.82, 2.24) is 55.9 Å². The van der Waals surface area contributed by atoms with Crippen molar-refractivity contribution in [2.24, 2.45) is 22.7 Å². The van der Waals surface area contributed by atoms with E-state index in [9.17, 15) is 62.1 Å². The standard InChI is InChI=1S/C73H85F10N12O18P/c1-38-20-43(26-56(96)91-30-44(63(100)101)23-45(31-91)64(102)103)58(54(21-38)113-114(106,107)108)69(2,3)27-57(97)112-55(35-93(90-62(99)60(88-68(105)110-9)71(6,7)73(81,82)83)34-49-50(74)24-42(25-51(49)75)52-18-19-94(89-52)65(76)77)53(86-61(98)59(87-67(104)109-8)70(4,5)72(78,79)80)22-40-13-10-39(11-14-40)12-15-41-28-84-66(85-29-41)92-32-46-16-17-47(33-92)95(46)48-36-111-37-48/h10-11,13-14,18-21,24-25,28-29,44-48,53,55,59-60,65H,16-17,22-23,26-27,30-37H2,1-9H3,(H,86,98)(H,87,104)(H,88,105)(H,90,99)(H,100,101)(H,102,103)(H2,106,107,108)/t44?,45?,46?,47?,53-,55-,59+,60+/m0/s1. The van der Waals surface area contributed by atoms with Crippen LogP contribution in [0.5, 0.6) is 5.75 Å². The number of phosphoric acid groups is 1. The quantitative estimate of drug-likeness (QED) is 0.00563. The number of aromatic nitrogens is 4. The number of ether oxygens (including phenoxy) is 4. The molecule has 4 aliphatic rings. The van der Waals surface area contributed by atoms with Crippen LogP contribution in [0.15, 0.2) is 73.2 Å². The van der Waals surface area contributed by atoms with E-state index in [1.165, 1.54) is 63.5 Å². The van der Waals surface area contributed by atoms with Gasteiger partial charge in [0.1, 0.15) is 35.6 Å². The molecule has 4 aliphatic heterocycles. The molecule has 2 aromatic heterocycles. The molecule has 4 fully saturated rings. The van der Waals surface area contributed by atoms with Gasteiger partial charge in [-0.2, -0.15) is 40.2 Å². The van der Waals surface area contributed by atoms with E-state index >= 15 is 44.7 Å². The first kappa shape index (κ1) is 87.8. The highest BCUT2D eigenvalue weighted by molar-refractivity contribution is 7.46. The number of esters is 1. The molecule has 3 aromatic carbocycles. The van der Waals surface area contributed by atoms with Crippen LogP contribution in [0, 0.1) is 53.1 Å². The number of carboxylic acids is 2. The molecule has 41 heteroatoms. The topological polar surface area (TPSA) is 385 Å². The Balaban J connectivity index is 1.17. The molecule has 620 valence electrons. The first-order valence-corrected chi connectivity index (χ1v) is 37.0. The number of hydrogen-bond donors (Lipinski definition) is 8. The number of fused-ring (bicyclic) bond motifs is 2. The Bertz CT molecular complexity index is 4460.